The van der Waals surface area contributed by atoms with Gasteiger partial charge in [0.15, 0.2) is 5.78 Å². The van der Waals surface area contributed by atoms with Crippen molar-refractivity contribution in [1.82, 2.24) is 15.3 Å². The molecule has 2 aliphatic rings. The molecule has 2 fully saturated rings. The average Bonchev–Trinajstić information content (AvgIpc) is 3.58. The molecule has 4 N–H and O–H groups in total. The minimum absolute atomic E-state index is 0.0187. The van der Waals surface area contributed by atoms with Crippen molar-refractivity contribution in [2.45, 2.75) is 102 Å². The lowest BCUT2D eigenvalue weighted by molar-refractivity contribution is -0.145. The van der Waals surface area contributed by atoms with Gasteiger partial charge in [-0.1, -0.05) is 12.1 Å². The molecule has 0 radical (unpaired) electrons. The Morgan fingerprint density at radius 2 is 1.71 bits per heavy atom. The van der Waals surface area contributed by atoms with Crippen LogP contribution in [-0.4, -0.2) is 71.0 Å². The molecule has 3 heterocycles. The van der Waals surface area contributed by atoms with Gasteiger partial charge < -0.3 is 26.0 Å². The third kappa shape index (κ3) is 11.4. The van der Waals surface area contributed by atoms with Crippen molar-refractivity contribution in [2.24, 2.45) is 11.7 Å². The summed E-state index contributed by atoms with van der Waals surface area (Å²) >= 11 is 0. The first kappa shape index (κ1) is 37.6. The van der Waals surface area contributed by atoms with E-state index in [0.717, 1.165) is 24.8 Å². The molecule has 4 rings (SSSR count). The number of aromatic nitrogens is 2. The van der Waals surface area contributed by atoms with E-state index in [1.165, 1.54) is 0 Å². The summed E-state index contributed by atoms with van der Waals surface area (Å²) < 4.78 is 41.9. The average molecular weight is 686 g/mol. The van der Waals surface area contributed by atoms with Gasteiger partial charge in [-0.2, -0.15) is 18.4 Å². The number of nitrogens with two attached hydrogens (primary N) is 1. The molecule has 2 aromatic rings. The van der Waals surface area contributed by atoms with E-state index in [2.05, 4.69) is 21.4 Å². The molecule has 2 atom stereocenters. The van der Waals surface area contributed by atoms with Crippen LogP contribution in [0.2, 0.25) is 0 Å². The third-order valence-electron chi connectivity index (χ3n) is 9.38. The van der Waals surface area contributed by atoms with Gasteiger partial charge in [0.25, 0.3) is 0 Å². The molecule has 2 saturated heterocycles. The van der Waals surface area contributed by atoms with E-state index >= 15 is 0 Å². The SMILES string of the molecule is N#Cc1ccc(CCCC(=O)[C@@H]2CCCN2c2cc(N3CCC(CCCC(=O)NCCCC[C@H](N)C(=O)O)CC3)nc(C(F)(F)F)n2)cc1. The number of anilines is 2. The molecule has 0 spiro atoms. The molecular weight excluding hydrogens is 639 g/mol. The van der Waals surface area contributed by atoms with E-state index in [-0.39, 0.29) is 23.3 Å². The van der Waals surface area contributed by atoms with Crippen LogP contribution in [-0.2, 0) is 27.0 Å². The number of carboxylic acids is 1. The highest BCUT2D eigenvalue weighted by atomic mass is 19.4. The number of Topliss-reactive ketones (excluding diaryl/α,β-unsaturated/α-hetero) is 1. The lowest BCUT2D eigenvalue weighted by Crippen LogP contribution is -2.38. The second-order valence-electron chi connectivity index (χ2n) is 13.0. The summed E-state index contributed by atoms with van der Waals surface area (Å²) in [5, 5.41) is 20.6. The minimum atomic E-state index is -4.74. The molecule has 2 aliphatic heterocycles. The van der Waals surface area contributed by atoms with Crippen LogP contribution in [0.4, 0.5) is 24.8 Å². The molecule has 0 saturated carbocycles. The normalized spacial score (nSPS) is 17.5. The van der Waals surface area contributed by atoms with Crippen LogP contribution in [0.25, 0.3) is 0 Å². The topological polar surface area (TPSA) is 166 Å². The Labute approximate surface area is 285 Å². The predicted octanol–water partition coefficient (Wildman–Crippen LogP) is 5.01. The number of nitriles is 1. The maximum Gasteiger partial charge on any atom is 0.451 e. The third-order valence-corrected chi connectivity index (χ3v) is 9.38. The van der Waals surface area contributed by atoms with Gasteiger partial charge >= 0.3 is 12.1 Å². The number of benzene rings is 1. The van der Waals surface area contributed by atoms with Gasteiger partial charge in [-0.3, -0.25) is 14.4 Å². The first-order valence-corrected chi connectivity index (χ1v) is 17.2. The van der Waals surface area contributed by atoms with Gasteiger partial charge in [-0.15, -0.1) is 0 Å². The number of hydrogen-bond donors (Lipinski definition) is 3. The zero-order chi connectivity index (χ0) is 35.4. The first-order chi connectivity index (χ1) is 23.4. The maximum atomic E-state index is 14.0. The van der Waals surface area contributed by atoms with Crippen LogP contribution < -0.4 is 20.9 Å². The van der Waals surface area contributed by atoms with Crippen molar-refractivity contribution in [3.05, 3.63) is 47.3 Å². The van der Waals surface area contributed by atoms with Crippen molar-refractivity contribution < 1.29 is 32.7 Å². The Balaban J connectivity index is 1.27. The second-order valence-corrected chi connectivity index (χ2v) is 13.0. The van der Waals surface area contributed by atoms with Crippen molar-refractivity contribution >= 4 is 29.3 Å². The number of carbonyl (C=O) groups is 3. The van der Waals surface area contributed by atoms with E-state index < -0.39 is 30.1 Å². The molecule has 11 nitrogen and oxygen atoms in total. The number of piperidine rings is 1. The van der Waals surface area contributed by atoms with Crippen LogP contribution in [0, 0.1) is 17.2 Å². The van der Waals surface area contributed by atoms with E-state index in [4.69, 9.17) is 16.1 Å². The predicted molar refractivity (Wildman–Crippen MR) is 178 cm³/mol. The molecular formula is C35H46F3N7O4. The Hall–Kier alpha value is -4.25. The Kier molecular flexibility index (Phi) is 13.8. The highest BCUT2D eigenvalue weighted by molar-refractivity contribution is 5.87. The molecule has 0 bridgehead atoms. The smallest absolute Gasteiger partial charge is 0.451 e. The lowest BCUT2D eigenvalue weighted by Gasteiger charge is -2.34. The Morgan fingerprint density at radius 3 is 2.39 bits per heavy atom. The van der Waals surface area contributed by atoms with E-state index in [0.29, 0.717) is 102 Å². The number of aryl methyl sites for hydroxylation is 1. The Bertz CT molecular complexity index is 1460. The standard InChI is InChI=1S/C35H46F3N7O4/c36-35(37,38)34-42-30(44-20-16-25(17-21-44)7-4-11-32(47)41-18-2-1-8-27(40)33(48)49)22-31(43-34)45-19-5-9-28(45)29(46)10-3-6-24-12-14-26(23-39)15-13-24/h12-15,22,25,27-28H,1-11,16-21,40H2,(H,41,47)(H,48,49)/t27-,28-/m0/s1. The summed E-state index contributed by atoms with van der Waals surface area (Å²) in [6.07, 6.45) is 3.12. The summed E-state index contributed by atoms with van der Waals surface area (Å²) in [4.78, 5) is 47.6. The number of halogens is 3. The van der Waals surface area contributed by atoms with Gasteiger partial charge in [0, 0.05) is 45.1 Å². The molecule has 49 heavy (non-hydrogen) atoms. The van der Waals surface area contributed by atoms with Crippen LogP contribution in [0.15, 0.2) is 30.3 Å². The van der Waals surface area contributed by atoms with Gasteiger partial charge in [-0.25, -0.2) is 9.97 Å². The van der Waals surface area contributed by atoms with Crippen LogP contribution >= 0.6 is 0 Å². The maximum absolute atomic E-state index is 14.0. The number of carboxylic acid groups (broad SMARTS) is 1. The van der Waals surface area contributed by atoms with Gasteiger partial charge in [0.2, 0.25) is 11.7 Å². The molecule has 266 valence electrons. The fraction of sp³-hybridized carbons (Fsp3) is 0.600. The number of unbranched alkanes of at least 4 members (excludes halogenated alkanes) is 1. The van der Waals surface area contributed by atoms with E-state index in [1.807, 2.05) is 17.0 Å². The van der Waals surface area contributed by atoms with Crippen LogP contribution in [0.3, 0.4) is 0 Å². The number of amides is 1. The molecule has 0 aliphatic carbocycles. The van der Waals surface area contributed by atoms with Gasteiger partial charge in [0.1, 0.15) is 17.7 Å². The van der Waals surface area contributed by atoms with Crippen molar-refractivity contribution in [3.8, 4) is 6.07 Å². The summed E-state index contributed by atoms with van der Waals surface area (Å²) in [6.45, 7) is 1.96. The number of aliphatic carboxylic acids is 1. The highest BCUT2D eigenvalue weighted by Gasteiger charge is 2.38. The zero-order valence-corrected chi connectivity index (χ0v) is 27.8. The molecule has 14 heteroatoms. The van der Waals surface area contributed by atoms with E-state index in [1.54, 1.807) is 23.1 Å². The molecule has 1 amide bonds. The van der Waals surface area contributed by atoms with Crippen LogP contribution in [0.5, 0.6) is 0 Å². The number of alkyl halides is 3. The molecule has 0 unspecified atom stereocenters. The number of nitrogens with zero attached hydrogens (tertiary/aromatic N) is 5. The largest absolute Gasteiger partial charge is 0.480 e. The fourth-order valence-corrected chi connectivity index (χ4v) is 6.54. The number of rotatable bonds is 17. The van der Waals surface area contributed by atoms with Gasteiger partial charge in [-0.05, 0) is 94.2 Å². The number of nitrogens with one attached hydrogen (secondary N) is 1. The summed E-state index contributed by atoms with van der Waals surface area (Å²) in [6, 6.07) is 9.44. The van der Waals surface area contributed by atoms with Gasteiger partial charge in [0.05, 0.1) is 17.7 Å². The summed E-state index contributed by atoms with van der Waals surface area (Å²) in [7, 11) is 0. The molecule has 1 aromatic heterocycles. The van der Waals surface area contributed by atoms with Crippen molar-refractivity contribution in [2.75, 3.05) is 36.0 Å². The van der Waals surface area contributed by atoms with E-state index in [9.17, 15) is 27.6 Å². The number of carbonyl (C=O) groups excluding carboxylic acids is 2. The van der Waals surface area contributed by atoms with Crippen molar-refractivity contribution in [1.29, 1.82) is 5.26 Å². The molecule has 1 aromatic carbocycles. The quantitative estimate of drug-likeness (QED) is 0.193. The number of ketones is 1. The fourth-order valence-electron chi connectivity index (χ4n) is 6.54. The minimum Gasteiger partial charge on any atom is -0.480 e. The lowest BCUT2D eigenvalue weighted by atomic mass is 9.91. The van der Waals surface area contributed by atoms with Crippen molar-refractivity contribution in [3.63, 3.8) is 0 Å². The highest BCUT2D eigenvalue weighted by Crippen LogP contribution is 2.34. The number of hydrogen-bond acceptors (Lipinski definition) is 9. The van der Waals surface area contributed by atoms with Crippen LogP contribution in [0.1, 0.15) is 94.0 Å². The first-order valence-electron chi connectivity index (χ1n) is 17.2. The Morgan fingerprint density at radius 1 is 1.00 bits per heavy atom. The zero-order valence-electron chi connectivity index (χ0n) is 27.8. The second kappa shape index (κ2) is 17.9. The summed E-state index contributed by atoms with van der Waals surface area (Å²) in [5.41, 5.74) is 7.07. The monoisotopic (exact) mass is 685 g/mol. The summed E-state index contributed by atoms with van der Waals surface area (Å²) in [5.74, 6) is -1.65.